The van der Waals surface area contributed by atoms with Crippen LogP contribution in [0.25, 0.3) is 0 Å². The first-order chi connectivity index (χ1) is 4.57. The molecular formula is C6H10O4. The number of aliphatic hydroxyl groups is 2. The zero-order valence-electron chi connectivity index (χ0n) is 5.65. The number of carbonyl (C=O) groups is 2. The summed E-state index contributed by atoms with van der Waals surface area (Å²) in [6.07, 6.45) is -2.42. The maximum absolute atomic E-state index is 10.5. The first-order valence-electron chi connectivity index (χ1n) is 2.92. The summed E-state index contributed by atoms with van der Waals surface area (Å²) < 4.78 is 0. The van der Waals surface area contributed by atoms with Crippen LogP contribution in [0.15, 0.2) is 0 Å². The van der Waals surface area contributed by atoms with Gasteiger partial charge in [-0.05, 0) is 6.92 Å². The summed E-state index contributed by atoms with van der Waals surface area (Å²) >= 11 is 0. The molecule has 0 aliphatic heterocycles. The second-order valence-electron chi connectivity index (χ2n) is 2.10. The average Bonchev–Trinajstić information content (AvgIpc) is 1.85. The number of hydrogen-bond acceptors (Lipinski definition) is 4. The molecule has 2 N–H and O–H groups in total. The quantitative estimate of drug-likeness (QED) is 0.389. The molecule has 0 spiro atoms. The lowest BCUT2D eigenvalue weighted by molar-refractivity contribution is -0.133. The highest BCUT2D eigenvalue weighted by atomic mass is 16.3. The van der Waals surface area contributed by atoms with E-state index in [-0.39, 0.29) is 12.7 Å². The normalized spacial score (nSPS) is 15.9. The van der Waals surface area contributed by atoms with Crippen molar-refractivity contribution in [3.8, 4) is 0 Å². The Kier molecular flexibility index (Phi) is 3.83. The Balaban J connectivity index is 3.73. The van der Waals surface area contributed by atoms with Crippen molar-refractivity contribution in [2.45, 2.75) is 25.6 Å². The third-order valence-electron chi connectivity index (χ3n) is 0.955. The van der Waals surface area contributed by atoms with E-state index in [0.717, 1.165) is 0 Å². The predicted molar refractivity (Wildman–Crippen MR) is 33.4 cm³/mol. The van der Waals surface area contributed by atoms with Crippen molar-refractivity contribution in [1.82, 2.24) is 0 Å². The van der Waals surface area contributed by atoms with E-state index in [1.807, 2.05) is 0 Å². The van der Waals surface area contributed by atoms with E-state index in [1.165, 1.54) is 6.92 Å². The van der Waals surface area contributed by atoms with E-state index in [2.05, 4.69) is 0 Å². The van der Waals surface area contributed by atoms with Crippen LogP contribution in [0, 0.1) is 0 Å². The molecule has 0 saturated heterocycles. The largest absolute Gasteiger partial charge is 0.393 e. The Labute approximate surface area is 58.5 Å². The van der Waals surface area contributed by atoms with Gasteiger partial charge in [-0.3, -0.25) is 9.59 Å². The minimum absolute atomic E-state index is 0.144. The Morgan fingerprint density at radius 3 is 2.40 bits per heavy atom. The zero-order valence-corrected chi connectivity index (χ0v) is 5.65. The molecule has 0 radical (unpaired) electrons. The summed E-state index contributed by atoms with van der Waals surface area (Å²) in [4.78, 5) is 20.3. The number of Topliss-reactive ketones (excluding diaryl/α,β-unsaturated/α-hetero) is 1. The summed E-state index contributed by atoms with van der Waals surface area (Å²) in [6.45, 7) is 1.41. The van der Waals surface area contributed by atoms with Crippen molar-refractivity contribution in [3.63, 3.8) is 0 Å². The third kappa shape index (κ3) is 3.32. The molecule has 0 amide bonds. The van der Waals surface area contributed by atoms with Crippen LogP contribution in [-0.4, -0.2) is 34.5 Å². The van der Waals surface area contributed by atoms with Crippen molar-refractivity contribution in [3.05, 3.63) is 0 Å². The maximum Gasteiger partial charge on any atom is 0.171 e. The smallest absolute Gasteiger partial charge is 0.171 e. The summed E-state index contributed by atoms with van der Waals surface area (Å²) in [5, 5.41) is 17.2. The molecule has 2 unspecified atom stereocenters. The number of aliphatic hydroxyl groups excluding tert-OH is 2. The van der Waals surface area contributed by atoms with Gasteiger partial charge in [0.1, 0.15) is 0 Å². The second-order valence-corrected chi connectivity index (χ2v) is 2.10. The zero-order chi connectivity index (χ0) is 8.15. The summed E-state index contributed by atoms with van der Waals surface area (Å²) in [5.41, 5.74) is 0. The van der Waals surface area contributed by atoms with Gasteiger partial charge >= 0.3 is 0 Å². The van der Waals surface area contributed by atoms with E-state index >= 15 is 0 Å². The SMILES string of the molecule is CC(O)CC(=O)C(O)C=O. The van der Waals surface area contributed by atoms with Gasteiger partial charge in [0.05, 0.1) is 6.10 Å². The van der Waals surface area contributed by atoms with Gasteiger partial charge < -0.3 is 10.2 Å². The van der Waals surface area contributed by atoms with Gasteiger partial charge in [-0.1, -0.05) is 0 Å². The Bertz CT molecular complexity index is 130. The van der Waals surface area contributed by atoms with Crippen LogP contribution in [0.3, 0.4) is 0 Å². The standard InChI is InChI=1S/C6H10O4/c1-4(8)2-5(9)6(10)3-7/h3-4,6,8,10H,2H2,1H3. The molecule has 0 heterocycles. The molecule has 0 fully saturated rings. The Hall–Kier alpha value is -0.740. The highest BCUT2D eigenvalue weighted by molar-refractivity contribution is 5.95. The van der Waals surface area contributed by atoms with Gasteiger partial charge in [-0.15, -0.1) is 0 Å². The first kappa shape index (κ1) is 9.26. The fourth-order valence-corrected chi connectivity index (χ4v) is 0.488. The van der Waals surface area contributed by atoms with E-state index in [1.54, 1.807) is 0 Å². The van der Waals surface area contributed by atoms with Crippen molar-refractivity contribution in [2.24, 2.45) is 0 Å². The lowest BCUT2D eigenvalue weighted by Crippen LogP contribution is -2.24. The number of carbonyl (C=O) groups excluding carboxylic acids is 2. The van der Waals surface area contributed by atoms with Crippen molar-refractivity contribution >= 4 is 12.1 Å². The fraction of sp³-hybridized carbons (Fsp3) is 0.667. The molecule has 0 aliphatic rings. The Morgan fingerprint density at radius 2 is 2.10 bits per heavy atom. The van der Waals surface area contributed by atoms with Crippen LogP contribution in [0.1, 0.15) is 13.3 Å². The minimum Gasteiger partial charge on any atom is -0.393 e. The summed E-state index contributed by atoms with van der Waals surface area (Å²) in [7, 11) is 0. The molecule has 4 heteroatoms. The van der Waals surface area contributed by atoms with Gasteiger partial charge in [-0.25, -0.2) is 0 Å². The molecule has 4 nitrogen and oxygen atoms in total. The van der Waals surface area contributed by atoms with E-state index in [9.17, 15) is 9.59 Å². The van der Waals surface area contributed by atoms with E-state index < -0.39 is 18.0 Å². The Morgan fingerprint density at radius 1 is 1.60 bits per heavy atom. The van der Waals surface area contributed by atoms with Gasteiger partial charge in [0, 0.05) is 6.42 Å². The first-order valence-corrected chi connectivity index (χ1v) is 2.92. The van der Waals surface area contributed by atoms with Gasteiger partial charge in [0.2, 0.25) is 0 Å². The van der Waals surface area contributed by atoms with E-state index in [4.69, 9.17) is 10.2 Å². The molecule has 0 aromatic carbocycles. The van der Waals surface area contributed by atoms with Crippen LogP contribution in [0.5, 0.6) is 0 Å². The van der Waals surface area contributed by atoms with Gasteiger partial charge in [-0.2, -0.15) is 0 Å². The molecular weight excluding hydrogens is 136 g/mol. The summed E-state index contributed by atoms with van der Waals surface area (Å²) in [6, 6.07) is 0. The molecule has 0 rings (SSSR count). The molecule has 0 aromatic rings. The topological polar surface area (TPSA) is 74.6 Å². The number of aldehydes is 1. The highest BCUT2D eigenvalue weighted by Crippen LogP contribution is 1.93. The molecule has 0 saturated carbocycles. The lowest BCUT2D eigenvalue weighted by atomic mass is 10.1. The lowest BCUT2D eigenvalue weighted by Gasteiger charge is -2.03. The van der Waals surface area contributed by atoms with Crippen molar-refractivity contribution < 1.29 is 19.8 Å². The molecule has 0 aliphatic carbocycles. The fourth-order valence-electron chi connectivity index (χ4n) is 0.488. The van der Waals surface area contributed by atoms with E-state index in [0.29, 0.717) is 0 Å². The van der Waals surface area contributed by atoms with Crippen LogP contribution in [0.4, 0.5) is 0 Å². The highest BCUT2D eigenvalue weighted by Gasteiger charge is 2.14. The third-order valence-corrected chi connectivity index (χ3v) is 0.955. The average molecular weight is 146 g/mol. The van der Waals surface area contributed by atoms with Crippen molar-refractivity contribution in [1.29, 1.82) is 0 Å². The molecule has 0 aromatic heterocycles. The van der Waals surface area contributed by atoms with Crippen LogP contribution < -0.4 is 0 Å². The second kappa shape index (κ2) is 4.14. The number of rotatable bonds is 4. The molecule has 58 valence electrons. The molecule has 0 bridgehead atoms. The van der Waals surface area contributed by atoms with Crippen LogP contribution in [-0.2, 0) is 9.59 Å². The van der Waals surface area contributed by atoms with Crippen LogP contribution in [0.2, 0.25) is 0 Å². The molecule has 10 heavy (non-hydrogen) atoms. The predicted octanol–water partition coefficient (Wildman–Crippen LogP) is -1.11. The number of ketones is 1. The number of hydrogen-bond donors (Lipinski definition) is 2. The van der Waals surface area contributed by atoms with Gasteiger partial charge in [0.25, 0.3) is 0 Å². The van der Waals surface area contributed by atoms with Gasteiger partial charge in [0.15, 0.2) is 18.2 Å². The van der Waals surface area contributed by atoms with Crippen molar-refractivity contribution in [2.75, 3.05) is 0 Å². The monoisotopic (exact) mass is 146 g/mol. The summed E-state index contributed by atoms with van der Waals surface area (Å²) in [5.74, 6) is -0.648. The van der Waals surface area contributed by atoms with Crippen LogP contribution >= 0.6 is 0 Å². The minimum atomic E-state index is -1.57. The molecule has 2 atom stereocenters. The maximum atomic E-state index is 10.5.